The molecule has 1 saturated heterocycles. The van der Waals surface area contributed by atoms with Crippen LogP contribution in [0.4, 0.5) is 0 Å². The van der Waals surface area contributed by atoms with Gasteiger partial charge in [0.05, 0.1) is 11.4 Å². The summed E-state index contributed by atoms with van der Waals surface area (Å²) in [5.41, 5.74) is 2.82. The number of aromatic nitrogens is 1. The first-order chi connectivity index (χ1) is 10.8. The Kier molecular flexibility index (Phi) is 4.64. The molecule has 2 aromatic rings. The highest BCUT2D eigenvalue weighted by atomic mass is 16.2. The van der Waals surface area contributed by atoms with Gasteiger partial charge in [-0.3, -0.25) is 4.79 Å². The van der Waals surface area contributed by atoms with Crippen LogP contribution in [0.2, 0.25) is 0 Å². The van der Waals surface area contributed by atoms with Gasteiger partial charge in [0, 0.05) is 24.7 Å². The number of amides is 1. The molecule has 0 bridgehead atoms. The second-order valence-corrected chi connectivity index (χ2v) is 5.53. The van der Waals surface area contributed by atoms with Crippen molar-refractivity contribution in [3.8, 4) is 11.3 Å². The number of carbonyl (C=O) groups excluding carboxylic acids is 1. The molecule has 22 heavy (non-hydrogen) atoms. The van der Waals surface area contributed by atoms with E-state index >= 15 is 0 Å². The monoisotopic (exact) mass is 292 g/mol. The van der Waals surface area contributed by atoms with Crippen molar-refractivity contribution in [3.63, 3.8) is 0 Å². The van der Waals surface area contributed by atoms with E-state index in [0.717, 1.165) is 42.9 Å². The van der Waals surface area contributed by atoms with Gasteiger partial charge in [0.25, 0.3) is 0 Å². The molecule has 3 heteroatoms. The number of rotatable bonds is 3. The Balaban J connectivity index is 1.72. The Hall–Kier alpha value is -2.42. The third-order valence-corrected chi connectivity index (χ3v) is 3.90. The SMILES string of the molecule is O=C(C=Cc1cccc(-c2ccccc2)n1)N1CCCCC1. The number of hydrogen-bond acceptors (Lipinski definition) is 2. The van der Waals surface area contributed by atoms with Crippen LogP contribution in [-0.2, 0) is 4.79 Å². The molecule has 0 atom stereocenters. The molecule has 1 fully saturated rings. The normalized spacial score (nSPS) is 15.2. The number of likely N-dealkylation sites (tertiary alicyclic amines) is 1. The smallest absolute Gasteiger partial charge is 0.246 e. The molecular formula is C19H20N2O. The molecule has 112 valence electrons. The summed E-state index contributed by atoms with van der Waals surface area (Å²) < 4.78 is 0. The zero-order valence-corrected chi connectivity index (χ0v) is 12.6. The van der Waals surface area contributed by atoms with Crippen LogP contribution in [0.3, 0.4) is 0 Å². The van der Waals surface area contributed by atoms with E-state index in [2.05, 4.69) is 4.98 Å². The van der Waals surface area contributed by atoms with Crippen LogP contribution in [0.1, 0.15) is 25.0 Å². The lowest BCUT2D eigenvalue weighted by Crippen LogP contribution is -2.34. The van der Waals surface area contributed by atoms with E-state index in [1.165, 1.54) is 6.42 Å². The Bertz CT molecular complexity index is 658. The number of hydrogen-bond donors (Lipinski definition) is 0. The summed E-state index contributed by atoms with van der Waals surface area (Å²) in [4.78, 5) is 18.7. The molecular weight excluding hydrogens is 272 g/mol. The fourth-order valence-corrected chi connectivity index (χ4v) is 2.69. The van der Waals surface area contributed by atoms with Crippen LogP contribution in [0.25, 0.3) is 17.3 Å². The molecule has 0 unspecified atom stereocenters. The highest BCUT2D eigenvalue weighted by Gasteiger charge is 2.13. The summed E-state index contributed by atoms with van der Waals surface area (Å²) in [7, 11) is 0. The predicted octanol–water partition coefficient (Wildman–Crippen LogP) is 3.77. The molecule has 0 saturated carbocycles. The van der Waals surface area contributed by atoms with Crippen LogP contribution in [0.15, 0.2) is 54.6 Å². The van der Waals surface area contributed by atoms with Crippen molar-refractivity contribution in [3.05, 3.63) is 60.3 Å². The molecule has 1 aliphatic heterocycles. The molecule has 3 nitrogen and oxygen atoms in total. The van der Waals surface area contributed by atoms with Gasteiger partial charge in [-0.1, -0.05) is 36.4 Å². The van der Waals surface area contributed by atoms with Crippen molar-refractivity contribution in [2.45, 2.75) is 19.3 Å². The Morgan fingerprint density at radius 2 is 1.73 bits per heavy atom. The lowest BCUT2D eigenvalue weighted by atomic mass is 10.1. The van der Waals surface area contributed by atoms with E-state index in [9.17, 15) is 4.79 Å². The lowest BCUT2D eigenvalue weighted by molar-refractivity contribution is -0.126. The van der Waals surface area contributed by atoms with Crippen LogP contribution in [0.5, 0.6) is 0 Å². The summed E-state index contributed by atoms with van der Waals surface area (Å²) in [5, 5.41) is 0. The van der Waals surface area contributed by atoms with Crippen LogP contribution >= 0.6 is 0 Å². The van der Waals surface area contributed by atoms with Gasteiger partial charge in [0.2, 0.25) is 5.91 Å². The molecule has 0 radical (unpaired) electrons. The highest BCUT2D eigenvalue weighted by Crippen LogP contribution is 2.17. The molecule has 0 N–H and O–H groups in total. The maximum atomic E-state index is 12.1. The average Bonchev–Trinajstić information content (AvgIpc) is 2.61. The Morgan fingerprint density at radius 1 is 0.955 bits per heavy atom. The van der Waals surface area contributed by atoms with Crippen molar-refractivity contribution >= 4 is 12.0 Å². The van der Waals surface area contributed by atoms with E-state index in [0.29, 0.717) is 0 Å². The number of nitrogens with zero attached hydrogens (tertiary/aromatic N) is 2. The summed E-state index contributed by atoms with van der Waals surface area (Å²) in [6, 6.07) is 15.9. The molecule has 1 aromatic carbocycles. The van der Waals surface area contributed by atoms with E-state index in [1.54, 1.807) is 6.08 Å². The van der Waals surface area contributed by atoms with Gasteiger partial charge in [0.1, 0.15) is 0 Å². The van der Waals surface area contributed by atoms with Gasteiger partial charge >= 0.3 is 0 Å². The van der Waals surface area contributed by atoms with Gasteiger partial charge in [-0.15, -0.1) is 0 Å². The van der Waals surface area contributed by atoms with Gasteiger partial charge in [-0.2, -0.15) is 0 Å². The molecule has 0 aliphatic carbocycles. The van der Waals surface area contributed by atoms with Crippen molar-refractivity contribution < 1.29 is 4.79 Å². The minimum Gasteiger partial charge on any atom is -0.339 e. The fourth-order valence-electron chi connectivity index (χ4n) is 2.69. The number of carbonyl (C=O) groups is 1. The van der Waals surface area contributed by atoms with E-state index in [1.807, 2.05) is 59.5 Å². The van der Waals surface area contributed by atoms with Crippen LogP contribution < -0.4 is 0 Å². The summed E-state index contributed by atoms with van der Waals surface area (Å²) in [6.45, 7) is 1.75. The zero-order chi connectivity index (χ0) is 15.2. The Morgan fingerprint density at radius 3 is 2.50 bits per heavy atom. The Labute approximate surface area is 131 Å². The minimum absolute atomic E-state index is 0.0895. The second kappa shape index (κ2) is 7.03. The van der Waals surface area contributed by atoms with Gasteiger partial charge in [0.15, 0.2) is 0 Å². The number of benzene rings is 1. The van der Waals surface area contributed by atoms with Crippen LogP contribution in [-0.4, -0.2) is 28.9 Å². The van der Waals surface area contributed by atoms with Crippen molar-refractivity contribution in [2.75, 3.05) is 13.1 Å². The molecule has 3 rings (SSSR count). The molecule has 1 amide bonds. The first-order valence-electron chi connectivity index (χ1n) is 7.82. The highest BCUT2D eigenvalue weighted by molar-refractivity contribution is 5.91. The lowest BCUT2D eigenvalue weighted by Gasteiger charge is -2.25. The van der Waals surface area contributed by atoms with Crippen molar-refractivity contribution in [1.82, 2.24) is 9.88 Å². The third-order valence-electron chi connectivity index (χ3n) is 3.90. The van der Waals surface area contributed by atoms with Gasteiger partial charge < -0.3 is 4.90 Å². The summed E-state index contributed by atoms with van der Waals surface area (Å²) >= 11 is 0. The molecule has 1 aliphatic rings. The first kappa shape index (κ1) is 14.5. The van der Waals surface area contributed by atoms with E-state index in [4.69, 9.17) is 0 Å². The van der Waals surface area contributed by atoms with Crippen molar-refractivity contribution in [1.29, 1.82) is 0 Å². The minimum atomic E-state index is 0.0895. The predicted molar refractivity (Wildman–Crippen MR) is 89.1 cm³/mol. The topological polar surface area (TPSA) is 33.2 Å². The largest absolute Gasteiger partial charge is 0.339 e. The van der Waals surface area contributed by atoms with Gasteiger partial charge in [-0.25, -0.2) is 4.98 Å². The van der Waals surface area contributed by atoms with Gasteiger partial charge in [-0.05, 0) is 37.5 Å². The molecule has 0 spiro atoms. The third kappa shape index (κ3) is 3.61. The second-order valence-electron chi connectivity index (χ2n) is 5.53. The number of piperidine rings is 1. The summed E-state index contributed by atoms with van der Waals surface area (Å²) in [5.74, 6) is 0.0895. The van der Waals surface area contributed by atoms with Crippen molar-refractivity contribution in [2.24, 2.45) is 0 Å². The zero-order valence-electron chi connectivity index (χ0n) is 12.6. The average molecular weight is 292 g/mol. The molecule has 1 aromatic heterocycles. The van der Waals surface area contributed by atoms with Crippen LogP contribution in [0, 0.1) is 0 Å². The van der Waals surface area contributed by atoms with E-state index in [-0.39, 0.29) is 5.91 Å². The van der Waals surface area contributed by atoms with E-state index < -0.39 is 0 Å². The fraction of sp³-hybridized carbons (Fsp3) is 0.263. The summed E-state index contributed by atoms with van der Waals surface area (Å²) in [6.07, 6.45) is 6.91. The first-order valence-corrected chi connectivity index (χ1v) is 7.82. The molecule has 2 heterocycles. The quantitative estimate of drug-likeness (QED) is 0.807. The maximum absolute atomic E-state index is 12.1. The maximum Gasteiger partial charge on any atom is 0.246 e. The standard InChI is InChI=1S/C19H20N2O/c22-19(21-14-5-2-6-15-21)13-12-17-10-7-11-18(20-17)16-8-3-1-4-9-16/h1,3-4,7-13H,2,5-6,14-15H2. The number of pyridine rings is 1.